The molecule has 0 atom stereocenters. The molecule has 0 aliphatic heterocycles. The Kier molecular flexibility index (Phi) is 4.54. The lowest BCUT2D eigenvalue weighted by molar-refractivity contribution is 0.400. The minimum atomic E-state index is 1.14. The molecule has 0 spiro atoms. The van der Waals surface area contributed by atoms with Crippen LogP contribution in [0.1, 0.15) is 12.0 Å². The second-order valence-electron chi connectivity index (χ2n) is 4.93. The Morgan fingerprint density at radius 2 is 1.50 bits per heavy atom. The van der Waals surface area contributed by atoms with Crippen molar-refractivity contribution in [1.29, 1.82) is 0 Å². The fourth-order valence-electron chi connectivity index (χ4n) is 2.22. The molecule has 1 heteroatoms. The number of nitrogens with zero attached hydrogens (tertiary/aromatic N) is 1. The summed E-state index contributed by atoms with van der Waals surface area (Å²) in [5, 5.41) is 0. The molecule has 0 bridgehead atoms. The van der Waals surface area contributed by atoms with Crippen LogP contribution in [0.25, 0.3) is 11.1 Å². The van der Waals surface area contributed by atoms with Crippen molar-refractivity contribution in [3.8, 4) is 11.1 Å². The zero-order chi connectivity index (χ0) is 12.8. The van der Waals surface area contributed by atoms with Crippen molar-refractivity contribution in [1.82, 2.24) is 4.90 Å². The van der Waals surface area contributed by atoms with E-state index in [4.69, 9.17) is 0 Å². The summed E-state index contributed by atoms with van der Waals surface area (Å²) in [5.41, 5.74) is 4.14. The molecular formula is C17H21N. The Hall–Kier alpha value is -1.60. The van der Waals surface area contributed by atoms with E-state index in [2.05, 4.69) is 73.6 Å². The van der Waals surface area contributed by atoms with Crippen LogP contribution < -0.4 is 0 Å². The van der Waals surface area contributed by atoms with Crippen molar-refractivity contribution < 1.29 is 0 Å². The molecule has 0 aliphatic rings. The first-order valence-electron chi connectivity index (χ1n) is 6.55. The Bertz CT molecular complexity index is 474. The van der Waals surface area contributed by atoms with E-state index in [0.29, 0.717) is 0 Å². The second-order valence-corrected chi connectivity index (χ2v) is 4.93. The minimum Gasteiger partial charge on any atom is -0.309 e. The summed E-state index contributed by atoms with van der Waals surface area (Å²) in [6, 6.07) is 19.4. The van der Waals surface area contributed by atoms with Gasteiger partial charge in [0.15, 0.2) is 0 Å². The molecule has 0 amide bonds. The van der Waals surface area contributed by atoms with Crippen LogP contribution in [0.5, 0.6) is 0 Å². The van der Waals surface area contributed by atoms with Crippen molar-refractivity contribution in [2.45, 2.75) is 12.8 Å². The van der Waals surface area contributed by atoms with Gasteiger partial charge in [-0.2, -0.15) is 0 Å². The van der Waals surface area contributed by atoms with Crippen LogP contribution in [0, 0.1) is 0 Å². The van der Waals surface area contributed by atoms with Gasteiger partial charge in [0.2, 0.25) is 0 Å². The molecule has 0 aromatic heterocycles. The van der Waals surface area contributed by atoms with Crippen LogP contribution >= 0.6 is 0 Å². The van der Waals surface area contributed by atoms with Gasteiger partial charge in [-0.05, 0) is 50.2 Å². The largest absolute Gasteiger partial charge is 0.309 e. The van der Waals surface area contributed by atoms with E-state index < -0.39 is 0 Å². The van der Waals surface area contributed by atoms with Gasteiger partial charge in [-0.25, -0.2) is 0 Å². The van der Waals surface area contributed by atoms with E-state index in [0.717, 1.165) is 13.0 Å². The minimum absolute atomic E-state index is 1.14. The first-order chi connectivity index (χ1) is 8.77. The third kappa shape index (κ3) is 3.44. The first kappa shape index (κ1) is 12.8. The SMILES string of the molecule is CN(C)CCCc1ccccc1-c1ccccc1. The first-order valence-corrected chi connectivity index (χ1v) is 6.55. The van der Waals surface area contributed by atoms with Crippen LogP contribution in [-0.4, -0.2) is 25.5 Å². The Labute approximate surface area is 110 Å². The molecule has 0 saturated carbocycles. The highest BCUT2D eigenvalue weighted by atomic mass is 15.0. The molecule has 2 aromatic rings. The van der Waals surface area contributed by atoms with E-state index in [1.54, 1.807) is 0 Å². The van der Waals surface area contributed by atoms with Gasteiger partial charge in [0.1, 0.15) is 0 Å². The number of hydrogen-bond donors (Lipinski definition) is 0. The molecule has 18 heavy (non-hydrogen) atoms. The molecule has 1 nitrogen and oxygen atoms in total. The quantitative estimate of drug-likeness (QED) is 0.766. The van der Waals surface area contributed by atoms with Crippen molar-refractivity contribution in [3.05, 3.63) is 60.2 Å². The van der Waals surface area contributed by atoms with Crippen molar-refractivity contribution in [3.63, 3.8) is 0 Å². The monoisotopic (exact) mass is 239 g/mol. The number of aryl methyl sites for hydroxylation is 1. The smallest absolute Gasteiger partial charge is 0.00217 e. The summed E-state index contributed by atoms with van der Waals surface area (Å²) in [4.78, 5) is 2.24. The van der Waals surface area contributed by atoms with Gasteiger partial charge < -0.3 is 4.90 Å². The van der Waals surface area contributed by atoms with Gasteiger partial charge >= 0.3 is 0 Å². The normalized spacial score (nSPS) is 10.8. The summed E-state index contributed by atoms with van der Waals surface area (Å²) in [6.07, 6.45) is 2.35. The fourth-order valence-corrected chi connectivity index (χ4v) is 2.22. The lowest BCUT2D eigenvalue weighted by atomic mass is 9.97. The molecule has 0 radical (unpaired) electrons. The Balaban J connectivity index is 2.16. The Morgan fingerprint density at radius 3 is 2.22 bits per heavy atom. The zero-order valence-corrected chi connectivity index (χ0v) is 11.3. The maximum Gasteiger partial charge on any atom is -0.00217 e. The highest BCUT2D eigenvalue weighted by molar-refractivity contribution is 5.67. The summed E-state index contributed by atoms with van der Waals surface area (Å²) in [6.45, 7) is 1.14. The van der Waals surface area contributed by atoms with Gasteiger partial charge in [0.05, 0.1) is 0 Å². The molecule has 2 rings (SSSR count). The molecule has 0 aliphatic carbocycles. The van der Waals surface area contributed by atoms with Gasteiger partial charge in [-0.15, -0.1) is 0 Å². The predicted octanol–water partition coefficient (Wildman–Crippen LogP) is 3.85. The highest BCUT2D eigenvalue weighted by Crippen LogP contribution is 2.24. The standard InChI is InChI=1S/C17H21N/c1-18(2)14-8-12-16-11-6-7-13-17(16)15-9-4-3-5-10-15/h3-7,9-11,13H,8,12,14H2,1-2H3. The molecule has 0 N–H and O–H groups in total. The van der Waals surface area contributed by atoms with Gasteiger partial charge in [-0.1, -0.05) is 54.6 Å². The molecule has 94 valence electrons. The maximum atomic E-state index is 2.25. The summed E-state index contributed by atoms with van der Waals surface area (Å²) < 4.78 is 0. The van der Waals surface area contributed by atoms with Gasteiger partial charge in [-0.3, -0.25) is 0 Å². The molecule has 0 fully saturated rings. The van der Waals surface area contributed by atoms with Crippen LogP contribution in [0.15, 0.2) is 54.6 Å². The van der Waals surface area contributed by atoms with E-state index >= 15 is 0 Å². The third-order valence-electron chi connectivity index (χ3n) is 3.15. The van der Waals surface area contributed by atoms with Gasteiger partial charge in [0.25, 0.3) is 0 Å². The molecule has 0 heterocycles. The highest BCUT2D eigenvalue weighted by Gasteiger charge is 2.03. The average molecular weight is 239 g/mol. The number of benzene rings is 2. The third-order valence-corrected chi connectivity index (χ3v) is 3.15. The lowest BCUT2D eigenvalue weighted by Gasteiger charge is -2.12. The topological polar surface area (TPSA) is 3.24 Å². The van der Waals surface area contributed by atoms with Crippen molar-refractivity contribution in [2.24, 2.45) is 0 Å². The predicted molar refractivity (Wildman–Crippen MR) is 78.8 cm³/mol. The summed E-state index contributed by atoms with van der Waals surface area (Å²) in [7, 11) is 4.26. The summed E-state index contributed by atoms with van der Waals surface area (Å²) in [5.74, 6) is 0. The van der Waals surface area contributed by atoms with E-state index in [1.165, 1.54) is 23.1 Å². The molecule has 0 saturated heterocycles. The van der Waals surface area contributed by atoms with Crippen LogP contribution in [0.2, 0.25) is 0 Å². The second kappa shape index (κ2) is 6.36. The fraction of sp³-hybridized carbons (Fsp3) is 0.294. The van der Waals surface area contributed by atoms with E-state index in [9.17, 15) is 0 Å². The number of rotatable bonds is 5. The van der Waals surface area contributed by atoms with E-state index in [-0.39, 0.29) is 0 Å². The summed E-state index contributed by atoms with van der Waals surface area (Å²) >= 11 is 0. The zero-order valence-electron chi connectivity index (χ0n) is 11.3. The van der Waals surface area contributed by atoms with Crippen molar-refractivity contribution in [2.75, 3.05) is 20.6 Å². The van der Waals surface area contributed by atoms with E-state index in [1.807, 2.05) is 0 Å². The molecule has 0 unspecified atom stereocenters. The van der Waals surface area contributed by atoms with Crippen molar-refractivity contribution >= 4 is 0 Å². The number of hydrogen-bond acceptors (Lipinski definition) is 1. The molecule has 2 aromatic carbocycles. The van der Waals surface area contributed by atoms with Crippen LogP contribution in [-0.2, 0) is 6.42 Å². The Morgan fingerprint density at radius 1 is 0.833 bits per heavy atom. The molecular weight excluding hydrogens is 218 g/mol. The maximum absolute atomic E-state index is 2.25. The lowest BCUT2D eigenvalue weighted by Crippen LogP contribution is -2.13. The van der Waals surface area contributed by atoms with Crippen LogP contribution in [0.3, 0.4) is 0 Å². The van der Waals surface area contributed by atoms with Gasteiger partial charge in [0, 0.05) is 0 Å². The average Bonchev–Trinajstić information content (AvgIpc) is 2.40. The van der Waals surface area contributed by atoms with Crippen LogP contribution in [0.4, 0.5) is 0 Å².